The van der Waals surface area contributed by atoms with Crippen LogP contribution in [0.15, 0.2) is 18.2 Å². The van der Waals surface area contributed by atoms with Crippen molar-refractivity contribution in [1.29, 1.82) is 0 Å². The van der Waals surface area contributed by atoms with Crippen LogP contribution in [0, 0.1) is 0 Å². The standard InChI is InChI=1S/C16H21N3O4/c1-10(14(20)19-15(17)21)18-11-5-6-12-13(9-11)23-16(22-12)7-3-2-4-8-16/h5-6,9-10,18H,2-4,7-8H2,1H3,(H3,17,19,20,21). The smallest absolute Gasteiger partial charge is 0.318 e. The van der Waals surface area contributed by atoms with E-state index in [1.807, 2.05) is 23.5 Å². The Kier molecular flexibility index (Phi) is 4.02. The van der Waals surface area contributed by atoms with Crippen LogP contribution in [0.4, 0.5) is 10.5 Å². The zero-order valence-electron chi connectivity index (χ0n) is 13.1. The molecule has 4 N–H and O–H groups in total. The van der Waals surface area contributed by atoms with Crippen molar-refractivity contribution in [3.63, 3.8) is 0 Å². The zero-order chi connectivity index (χ0) is 16.4. The number of rotatable bonds is 3. The number of hydrogen-bond donors (Lipinski definition) is 3. The summed E-state index contributed by atoms with van der Waals surface area (Å²) < 4.78 is 12.1. The highest BCUT2D eigenvalue weighted by Gasteiger charge is 2.42. The first kappa shape index (κ1) is 15.5. The van der Waals surface area contributed by atoms with Crippen molar-refractivity contribution in [1.82, 2.24) is 5.32 Å². The minimum atomic E-state index is -0.867. The predicted molar refractivity (Wildman–Crippen MR) is 84.3 cm³/mol. The van der Waals surface area contributed by atoms with Crippen molar-refractivity contribution in [2.24, 2.45) is 5.73 Å². The number of carbonyl (C=O) groups is 2. The van der Waals surface area contributed by atoms with Crippen molar-refractivity contribution >= 4 is 17.6 Å². The first-order chi connectivity index (χ1) is 11.0. The Labute approximate surface area is 134 Å². The molecule has 1 heterocycles. The molecule has 1 aliphatic carbocycles. The van der Waals surface area contributed by atoms with Crippen LogP contribution < -0.4 is 25.8 Å². The molecule has 1 aromatic rings. The molecule has 0 bridgehead atoms. The SMILES string of the molecule is CC(Nc1ccc2c(c1)OC1(CCCCC1)O2)C(=O)NC(N)=O. The molecular weight excluding hydrogens is 298 g/mol. The van der Waals surface area contributed by atoms with Gasteiger partial charge in [-0.1, -0.05) is 6.42 Å². The molecule has 0 radical (unpaired) electrons. The Morgan fingerprint density at radius 3 is 2.57 bits per heavy atom. The number of hydrogen-bond acceptors (Lipinski definition) is 5. The Morgan fingerprint density at radius 1 is 1.17 bits per heavy atom. The topological polar surface area (TPSA) is 103 Å². The van der Waals surface area contributed by atoms with Crippen LogP contribution in [-0.4, -0.2) is 23.8 Å². The number of amides is 3. The third-order valence-corrected chi connectivity index (χ3v) is 4.17. The molecule has 0 aromatic heterocycles. The van der Waals surface area contributed by atoms with Crippen LogP contribution in [0.3, 0.4) is 0 Å². The van der Waals surface area contributed by atoms with E-state index in [0.29, 0.717) is 11.4 Å². The third-order valence-electron chi connectivity index (χ3n) is 4.17. The highest BCUT2D eigenvalue weighted by molar-refractivity contribution is 5.97. The molecule has 2 aliphatic rings. The summed E-state index contributed by atoms with van der Waals surface area (Å²) in [5, 5.41) is 5.06. The van der Waals surface area contributed by atoms with Crippen LogP contribution in [-0.2, 0) is 4.79 Å². The average molecular weight is 319 g/mol. The second-order valence-corrected chi connectivity index (χ2v) is 6.06. The minimum Gasteiger partial charge on any atom is -0.448 e. The van der Waals surface area contributed by atoms with Gasteiger partial charge in [-0.05, 0) is 31.9 Å². The highest BCUT2D eigenvalue weighted by Crippen LogP contribution is 2.46. The minimum absolute atomic E-state index is 0.487. The molecule has 1 atom stereocenters. The number of benzene rings is 1. The van der Waals surface area contributed by atoms with Gasteiger partial charge in [0.1, 0.15) is 6.04 Å². The van der Waals surface area contributed by atoms with Gasteiger partial charge in [0.2, 0.25) is 5.91 Å². The van der Waals surface area contributed by atoms with Crippen molar-refractivity contribution in [3.05, 3.63) is 18.2 Å². The summed E-state index contributed by atoms with van der Waals surface area (Å²) in [4.78, 5) is 22.4. The maximum absolute atomic E-state index is 11.7. The zero-order valence-corrected chi connectivity index (χ0v) is 13.1. The summed E-state index contributed by atoms with van der Waals surface area (Å²) in [6.07, 6.45) is 5.20. The van der Waals surface area contributed by atoms with Crippen molar-refractivity contribution in [2.75, 3.05) is 5.32 Å². The number of nitrogens with one attached hydrogen (secondary N) is 2. The lowest BCUT2D eigenvalue weighted by Gasteiger charge is -2.31. The largest absolute Gasteiger partial charge is 0.448 e. The molecule has 23 heavy (non-hydrogen) atoms. The molecule has 3 amide bonds. The van der Waals surface area contributed by atoms with E-state index in [1.165, 1.54) is 6.42 Å². The molecule has 0 saturated heterocycles. The van der Waals surface area contributed by atoms with E-state index in [2.05, 4.69) is 5.32 Å². The fourth-order valence-corrected chi connectivity index (χ4v) is 3.02. The molecule has 7 heteroatoms. The van der Waals surface area contributed by atoms with E-state index in [0.717, 1.165) is 31.4 Å². The van der Waals surface area contributed by atoms with Gasteiger partial charge in [-0.15, -0.1) is 0 Å². The van der Waals surface area contributed by atoms with Gasteiger partial charge in [0.05, 0.1) is 0 Å². The lowest BCUT2D eigenvalue weighted by molar-refractivity contribution is -0.120. The Hall–Kier alpha value is -2.44. The van der Waals surface area contributed by atoms with Gasteiger partial charge >= 0.3 is 6.03 Å². The Bertz CT molecular complexity index is 626. The second kappa shape index (κ2) is 5.98. The second-order valence-electron chi connectivity index (χ2n) is 6.06. The lowest BCUT2D eigenvalue weighted by Crippen LogP contribution is -2.43. The fourth-order valence-electron chi connectivity index (χ4n) is 3.02. The number of imide groups is 1. The van der Waals surface area contributed by atoms with Gasteiger partial charge in [0, 0.05) is 24.6 Å². The van der Waals surface area contributed by atoms with Crippen LogP contribution in [0.1, 0.15) is 39.0 Å². The first-order valence-corrected chi connectivity index (χ1v) is 7.86. The average Bonchev–Trinajstić information content (AvgIpc) is 2.83. The van der Waals surface area contributed by atoms with E-state index in [4.69, 9.17) is 15.2 Å². The number of ether oxygens (including phenoxy) is 2. The number of carbonyl (C=O) groups excluding carboxylic acids is 2. The molecular formula is C16H21N3O4. The van der Waals surface area contributed by atoms with Crippen LogP contribution in [0.5, 0.6) is 11.5 Å². The molecule has 3 rings (SSSR count). The van der Waals surface area contributed by atoms with Crippen LogP contribution >= 0.6 is 0 Å². The third kappa shape index (κ3) is 3.33. The summed E-state index contributed by atoms with van der Waals surface area (Å²) in [5.74, 6) is 0.402. The van der Waals surface area contributed by atoms with Crippen LogP contribution in [0.25, 0.3) is 0 Å². The van der Waals surface area contributed by atoms with E-state index in [-0.39, 0.29) is 0 Å². The number of primary amides is 1. The Morgan fingerprint density at radius 2 is 1.87 bits per heavy atom. The number of fused-ring (bicyclic) bond motifs is 1. The maximum Gasteiger partial charge on any atom is 0.318 e. The number of nitrogens with two attached hydrogens (primary N) is 1. The summed E-state index contributed by atoms with van der Waals surface area (Å²) in [7, 11) is 0. The highest BCUT2D eigenvalue weighted by atomic mass is 16.7. The predicted octanol–water partition coefficient (Wildman–Crippen LogP) is 2.11. The summed E-state index contributed by atoms with van der Waals surface area (Å²) in [6, 6.07) is 3.99. The fraction of sp³-hybridized carbons (Fsp3) is 0.500. The van der Waals surface area contributed by atoms with Crippen LogP contribution in [0.2, 0.25) is 0 Å². The van der Waals surface area contributed by atoms with Crippen molar-refractivity contribution in [3.8, 4) is 11.5 Å². The molecule has 1 aromatic carbocycles. The molecule has 7 nitrogen and oxygen atoms in total. The van der Waals surface area contributed by atoms with Gasteiger partial charge in [-0.3, -0.25) is 10.1 Å². The molecule has 1 spiro atoms. The van der Waals surface area contributed by atoms with Gasteiger partial charge in [-0.25, -0.2) is 4.79 Å². The normalized spacial score (nSPS) is 19.2. The first-order valence-electron chi connectivity index (χ1n) is 7.86. The van der Waals surface area contributed by atoms with E-state index < -0.39 is 23.8 Å². The molecule has 124 valence electrons. The maximum atomic E-state index is 11.7. The van der Waals surface area contributed by atoms with Gasteiger partial charge in [0.15, 0.2) is 11.5 Å². The Balaban J connectivity index is 1.67. The summed E-state index contributed by atoms with van der Waals surface area (Å²) >= 11 is 0. The molecule has 1 aliphatic heterocycles. The van der Waals surface area contributed by atoms with Gasteiger partial charge < -0.3 is 20.5 Å². The van der Waals surface area contributed by atoms with E-state index in [9.17, 15) is 9.59 Å². The quantitative estimate of drug-likeness (QED) is 0.792. The molecule has 1 saturated carbocycles. The van der Waals surface area contributed by atoms with Crippen molar-refractivity contribution < 1.29 is 19.1 Å². The van der Waals surface area contributed by atoms with Gasteiger partial charge in [0.25, 0.3) is 5.79 Å². The number of anilines is 1. The summed E-state index contributed by atoms with van der Waals surface area (Å²) in [6.45, 7) is 1.64. The summed E-state index contributed by atoms with van der Waals surface area (Å²) in [5.41, 5.74) is 5.66. The van der Waals surface area contributed by atoms with Gasteiger partial charge in [-0.2, -0.15) is 0 Å². The van der Waals surface area contributed by atoms with E-state index >= 15 is 0 Å². The lowest BCUT2D eigenvalue weighted by atomic mass is 9.94. The molecule has 1 fully saturated rings. The number of urea groups is 1. The monoisotopic (exact) mass is 319 g/mol. The molecule has 1 unspecified atom stereocenters. The van der Waals surface area contributed by atoms with E-state index in [1.54, 1.807) is 6.92 Å². The van der Waals surface area contributed by atoms with Crippen molar-refractivity contribution in [2.45, 2.75) is 50.9 Å².